The third-order valence-electron chi connectivity index (χ3n) is 3.57. The van der Waals surface area contributed by atoms with Crippen molar-refractivity contribution in [2.45, 2.75) is 6.42 Å². The van der Waals surface area contributed by atoms with Crippen LogP contribution in [-0.4, -0.2) is 10.5 Å². The van der Waals surface area contributed by atoms with Crippen LogP contribution in [0.5, 0.6) is 0 Å². The van der Waals surface area contributed by atoms with Crippen LogP contribution < -0.4 is 0 Å². The zero-order valence-electron chi connectivity index (χ0n) is 11.3. The van der Waals surface area contributed by atoms with Gasteiger partial charge in [-0.25, -0.2) is 4.79 Å². The topological polar surface area (TPSA) is 22.0 Å². The molecule has 0 radical (unpaired) electrons. The summed E-state index contributed by atoms with van der Waals surface area (Å²) in [7, 11) is 2.00. The summed E-state index contributed by atoms with van der Waals surface area (Å²) in [6.07, 6.45) is 2.62. The molecule has 3 rings (SSSR count). The number of para-hydroxylation sites is 1. The quantitative estimate of drug-likeness (QED) is 0.660. The van der Waals surface area contributed by atoms with Crippen molar-refractivity contribution in [1.82, 2.24) is 4.57 Å². The number of rotatable bonds is 3. The molecule has 0 bridgehead atoms. The third kappa shape index (κ3) is 2.18. The Balaban J connectivity index is 2.07. The van der Waals surface area contributed by atoms with Crippen molar-refractivity contribution in [2.75, 3.05) is 0 Å². The Bertz CT molecular complexity index is 793. The number of hydrogen-bond acceptors (Lipinski definition) is 1. The van der Waals surface area contributed by atoms with Gasteiger partial charge in [-0.2, -0.15) is 0 Å². The van der Waals surface area contributed by atoms with E-state index in [4.69, 9.17) is 0 Å². The highest BCUT2D eigenvalue weighted by Gasteiger charge is 2.11. The van der Waals surface area contributed by atoms with Crippen molar-refractivity contribution in [3.63, 3.8) is 0 Å². The van der Waals surface area contributed by atoms with E-state index in [-0.39, 0.29) is 0 Å². The molecule has 1 aromatic heterocycles. The lowest BCUT2D eigenvalue weighted by Gasteiger charge is -2.02. The van der Waals surface area contributed by atoms with Gasteiger partial charge < -0.3 is 4.57 Å². The maximum absolute atomic E-state index is 11.4. The van der Waals surface area contributed by atoms with Crippen LogP contribution in [0, 0.1) is 0 Å². The second-order valence-corrected chi connectivity index (χ2v) is 4.91. The van der Waals surface area contributed by atoms with Gasteiger partial charge in [0.05, 0.1) is 0 Å². The molecule has 0 fully saturated rings. The number of carbonyl (C=O) groups excluding carboxylic acids is 1. The summed E-state index contributed by atoms with van der Waals surface area (Å²) < 4.78 is 2.05. The first kappa shape index (κ1) is 12.5. The van der Waals surface area contributed by atoms with Crippen molar-refractivity contribution in [2.24, 2.45) is 7.05 Å². The summed E-state index contributed by atoms with van der Waals surface area (Å²) in [4.78, 5) is 11.4. The Morgan fingerprint density at radius 3 is 2.50 bits per heavy atom. The van der Waals surface area contributed by atoms with Crippen LogP contribution in [-0.2, 0) is 18.3 Å². The summed E-state index contributed by atoms with van der Waals surface area (Å²) in [6.45, 7) is 0. The third-order valence-corrected chi connectivity index (χ3v) is 3.57. The summed E-state index contributed by atoms with van der Waals surface area (Å²) in [6, 6.07) is 18.1. The molecule has 1 heterocycles. The standard InChI is InChI=1S/C18H15NO/c1-19-12-17(16-9-5-6-10-18(16)19)15(13-20)11-14-7-3-2-4-8-14/h2-10,12H,11H2,1H3. The SMILES string of the molecule is Cn1cc(C(=C=O)Cc2ccccc2)c2ccccc21. The van der Waals surface area contributed by atoms with Crippen LogP contribution in [0.1, 0.15) is 11.1 Å². The van der Waals surface area contributed by atoms with Crippen LogP contribution in [0.4, 0.5) is 0 Å². The number of nitrogens with zero attached hydrogens (tertiary/aromatic N) is 1. The van der Waals surface area contributed by atoms with Crippen LogP contribution in [0.3, 0.4) is 0 Å². The summed E-state index contributed by atoms with van der Waals surface area (Å²) >= 11 is 0. The van der Waals surface area contributed by atoms with Crippen molar-refractivity contribution in [3.8, 4) is 0 Å². The van der Waals surface area contributed by atoms with Gasteiger partial charge in [0.1, 0.15) is 5.94 Å². The first-order chi connectivity index (χ1) is 9.79. The molecular formula is C18H15NO. The molecule has 3 aromatic rings. The van der Waals surface area contributed by atoms with Gasteiger partial charge in [0.2, 0.25) is 0 Å². The van der Waals surface area contributed by atoms with Crippen molar-refractivity contribution in [1.29, 1.82) is 0 Å². The predicted molar refractivity (Wildman–Crippen MR) is 82.2 cm³/mol. The highest BCUT2D eigenvalue weighted by atomic mass is 16.1. The second-order valence-electron chi connectivity index (χ2n) is 4.91. The number of benzene rings is 2. The summed E-state index contributed by atoms with van der Waals surface area (Å²) in [5.41, 5.74) is 3.93. The highest BCUT2D eigenvalue weighted by Crippen LogP contribution is 2.27. The maximum atomic E-state index is 11.4. The molecule has 0 spiro atoms. The maximum Gasteiger partial charge on any atom is 0.128 e. The van der Waals surface area contributed by atoms with Crippen LogP contribution in [0.2, 0.25) is 0 Å². The predicted octanol–water partition coefficient (Wildman–Crippen LogP) is 3.64. The highest BCUT2D eigenvalue weighted by molar-refractivity contribution is 6.00. The normalized spacial score (nSPS) is 10.4. The molecule has 20 heavy (non-hydrogen) atoms. The second kappa shape index (κ2) is 5.20. The summed E-state index contributed by atoms with van der Waals surface area (Å²) in [5.74, 6) is 2.13. The van der Waals surface area contributed by atoms with E-state index in [1.54, 1.807) is 0 Å². The first-order valence-electron chi connectivity index (χ1n) is 6.62. The van der Waals surface area contributed by atoms with E-state index in [2.05, 4.69) is 12.0 Å². The minimum atomic E-state index is 0.609. The van der Waals surface area contributed by atoms with E-state index >= 15 is 0 Å². The molecule has 0 saturated heterocycles. The Labute approximate surface area is 118 Å². The molecule has 0 atom stereocenters. The van der Waals surface area contributed by atoms with Gasteiger partial charge in [-0.1, -0.05) is 48.5 Å². The van der Waals surface area contributed by atoms with Gasteiger partial charge in [-0.3, -0.25) is 0 Å². The molecular weight excluding hydrogens is 246 g/mol. The molecule has 98 valence electrons. The largest absolute Gasteiger partial charge is 0.350 e. The van der Waals surface area contributed by atoms with Crippen LogP contribution in [0.25, 0.3) is 16.5 Å². The number of fused-ring (bicyclic) bond motifs is 1. The Hall–Kier alpha value is -2.57. The Morgan fingerprint density at radius 1 is 1.05 bits per heavy atom. The van der Waals surface area contributed by atoms with E-state index in [0.29, 0.717) is 12.0 Å². The van der Waals surface area contributed by atoms with Crippen molar-refractivity contribution >= 4 is 22.4 Å². The molecule has 0 saturated carbocycles. The first-order valence-corrected chi connectivity index (χ1v) is 6.62. The van der Waals surface area contributed by atoms with Crippen LogP contribution >= 0.6 is 0 Å². The lowest BCUT2D eigenvalue weighted by Crippen LogP contribution is -1.91. The zero-order valence-corrected chi connectivity index (χ0v) is 11.3. The van der Waals surface area contributed by atoms with E-state index in [1.165, 1.54) is 0 Å². The average molecular weight is 261 g/mol. The monoisotopic (exact) mass is 261 g/mol. The molecule has 2 nitrogen and oxygen atoms in total. The van der Waals surface area contributed by atoms with Crippen molar-refractivity contribution < 1.29 is 4.79 Å². The number of hydrogen-bond donors (Lipinski definition) is 0. The number of aromatic nitrogens is 1. The zero-order chi connectivity index (χ0) is 13.9. The number of allylic oxidation sites excluding steroid dienone is 1. The van der Waals surface area contributed by atoms with Gasteiger partial charge in [-0.15, -0.1) is 0 Å². The fraction of sp³-hybridized carbons (Fsp3) is 0.111. The fourth-order valence-electron chi connectivity index (χ4n) is 2.57. The molecule has 2 aromatic carbocycles. The van der Waals surface area contributed by atoms with E-state index in [1.807, 2.05) is 66.3 Å². The molecule has 0 aliphatic heterocycles. The van der Waals surface area contributed by atoms with Crippen LogP contribution in [0.15, 0.2) is 60.8 Å². The van der Waals surface area contributed by atoms with Gasteiger partial charge in [-0.05, 0) is 11.6 Å². The summed E-state index contributed by atoms with van der Waals surface area (Å²) in [5, 5.41) is 1.10. The van der Waals surface area contributed by atoms with Gasteiger partial charge >= 0.3 is 0 Å². The minimum Gasteiger partial charge on any atom is -0.350 e. The smallest absolute Gasteiger partial charge is 0.128 e. The van der Waals surface area contributed by atoms with E-state index in [0.717, 1.165) is 22.0 Å². The average Bonchev–Trinajstić information content (AvgIpc) is 2.84. The van der Waals surface area contributed by atoms with E-state index in [9.17, 15) is 4.79 Å². The van der Waals surface area contributed by atoms with Gasteiger partial charge in [0.25, 0.3) is 0 Å². The van der Waals surface area contributed by atoms with E-state index < -0.39 is 0 Å². The lowest BCUT2D eigenvalue weighted by molar-refractivity contribution is 0.569. The van der Waals surface area contributed by atoms with Crippen molar-refractivity contribution in [3.05, 3.63) is 71.9 Å². The van der Waals surface area contributed by atoms with Gasteiger partial charge in [0.15, 0.2) is 0 Å². The molecule has 0 aliphatic rings. The molecule has 2 heteroatoms. The number of aryl methyl sites for hydroxylation is 1. The fourth-order valence-corrected chi connectivity index (χ4v) is 2.57. The molecule has 0 unspecified atom stereocenters. The minimum absolute atomic E-state index is 0.609. The Morgan fingerprint density at radius 2 is 1.75 bits per heavy atom. The Kier molecular flexibility index (Phi) is 3.24. The molecule has 0 N–H and O–H groups in total. The van der Waals surface area contributed by atoms with Gasteiger partial charge in [0, 0.05) is 41.7 Å². The molecule has 0 amide bonds. The molecule has 0 aliphatic carbocycles. The lowest BCUT2D eigenvalue weighted by atomic mass is 9.99.